The Hall–Kier alpha value is 0.340. The average molecular weight is 314 g/mol. The van der Waals surface area contributed by atoms with E-state index in [2.05, 4.69) is 6.58 Å². The summed E-state index contributed by atoms with van der Waals surface area (Å²) in [6.45, 7) is 5.59. The summed E-state index contributed by atoms with van der Waals surface area (Å²) in [4.78, 5) is -1.79. The van der Waals surface area contributed by atoms with Gasteiger partial charge in [0.1, 0.15) is 9.75 Å². The lowest BCUT2D eigenvalue weighted by molar-refractivity contribution is 0.323. The standard InChI is InChI=1S/C12H12Cl4O/c1-6(2)3-7-8(4-17)12(16)5-11(7,15)9(13)10(12)14/h17H,1,3-5H2,2H3. The predicted molar refractivity (Wildman–Crippen MR) is 74.1 cm³/mol. The summed E-state index contributed by atoms with van der Waals surface area (Å²) in [6.07, 6.45) is 0.980. The van der Waals surface area contributed by atoms with Crippen molar-refractivity contribution in [2.24, 2.45) is 0 Å². The van der Waals surface area contributed by atoms with E-state index in [1.165, 1.54) is 0 Å². The van der Waals surface area contributed by atoms with E-state index in [1.54, 1.807) is 0 Å². The van der Waals surface area contributed by atoms with Crippen LogP contribution in [0.3, 0.4) is 0 Å². The molecule has 94 valence electrons. The monoisotopic (exact) mass is 312 g/mol. The molecule has 2 bridgehead atoms. The van der Waals surface area contributed by atoms with Gasteiger partial charge in [0, 0.05) is 6.42 Å². The zero-order chi connectivity index (χ0) is 13.0. The molecule has 0 amide bonds. The van der Waals surface area contributed by atoms with E-state index < -0.39 is 9.75 Å². The summed E-state index contributed by atoms with van der Waals surface area (Å²) in [5.41, 5.74) is 2.46. The van der Waals surface area contributed by atoms with Crippen molar-refractivity contribution < 1.29 is 5.11 Å². The zero-order valence-corrected chi connectivity index (χ0v) is 12.3. The Kier molecular flexibility index (Phi) is 3.38. The molecule has 0 heterocycles. The van der Waals surface area contributed by atoms with Crippen molar-refractivity contribution in [1.29, 1.82) is 0 Å². The van der Waals surface area contributed by atoms with Gasteiger partial charge in [0.15, 0.2) is 0 Å². The molecule has 2 atom stereocenters. The lowest BCUT2D eigenvalue weighted by Gasteiger charge is -2.27. The number of halogens is 4. The maximum Gasteiger partial charge on any atom is 0.107 e. The van der Waals surface area contributed by atoms with Gasteiger partial charge in [-0.15, -0.1) is 23.2 Å². The number of hydrogen-bond donors (Lipinski definition) is 1. The van der Waals surface area contributed by atoms with Gasteiger partial charge in [-0.2, -0.15) is 0 Å². The van der Waals surface area contributed by atoms with Crippen LogP contribution in [0.1, 0.15) is 19.8 Å². The van der Waals surface area contributed by atoms with E-state index >= 15 is 0 Å². The maximum absolute atomic E-state index is 9.50. The Morgan fingerprint density at radius 3 is 2.12 bits per heavy atom. The lowest BCUT2D eigenvalue weighted by atomic mass is 9.91. The van der Waals surface area contributed by atoms with Gasteiger partial charge in [-0.1, -0.05) is 35.4 Å². The lowest BCUT2D eigenvalue weighted by Crippen LogP contribution is -2.23. The Morgan fingerprint density at radius 2 is 1.71 bits per heavy atom. The van der Waals surface area contributed by atoms with E-state index in [1.807, 2.05) is 6.92 Å². The Bertz CT molecular complexity index is 465. The summed E-state index contributed by atoms with van der Waals surface area (Å²) < 4.78 is 0. The first-order valence-electron chi connectivity index (χ1n) is 5.19. The molecular formula is C12H12Cl4O. The van der Waals surface area contributed by atoms with E-state index in [0.29, 0.717) is 28.5 Å². The van der Waals surface area contributed by atoms with Crippen molar-refractivity contribution >= 4 is 46.4 Å². The van der Waals surface area contributed by atoms with Crippen LogP contribution >= 0.6 is 46.4 Å². The molecule has 2 rings (SSSR count). The minimum absolute atomic E-state index is 0.166. The molecule has 0 saturated carbocycles. The quantitative estimate of drug-likeness (QED) is 0.608. The minimum atomic E-state index is -0.931. The smallest absolute Gasteiger partial charge is 0.107 e. The maximum atomic E-state index is 9.50. The van der Waals surface area contributed by atoms with E-state index in [-0.39, 0.29) is 6.61 Å². The highest BCUT2D eigenvalue weighted by Crippen LogP contribution is 2.65. The zero-order valence-electron chi connectivity index (χ0n) is 9.29. The molecule has 1 nitrogen and oxygen atoms in total. The van der Waals surface area contributed by atoms with Crippen molar-refractivity contribution in [3.05, 3.63) is 33.4 Å². The summed E-state index contributed by atoms with van der Waals surface area (Å²) in [6, 6.07) is 0. The van der Waals surface area contributed by atoms with Crippen LogP contribution in [-0.2, 0) is 0 Å². The van der Waals surface area contributed by atoms with Crippen LogP contribution in [0.4, 0.5) is 0 Å². The molecule has 1 N–H and O–H groups in total. The SMILES string of the molecule is C=C(C)CC1=C(CO)C2(Cl)CC1(Cl)C(Cl)=C2Cl. The Morgan fingerprint density at radius 1 is 1.24 bits per heavy atom. The van der Waals surface area contributed by atoms with Crippen LogP contribution in [0.5, 0.6) is 0 Å². The van der Waals surface area contributed by atoms with Crippen LogP contribution in [0.15, 0.2) is 33.4 Å². The van der Waals surface area contributed by atoms with Crippen LogP contribution in [-0.4, -0.2) is 21.5 Å². The topological polar surface area (TPSA) is 20.2 Å². The van der Waals surface area contributed by atoms with Gasteiger partial charge < -0.3 is 5.11 Å². The second kappa shape index (κ2) is 4.18. The third-order valence-corrected chi connectivity index (χ3v) is 5.75. The van der Waals surface area contributed by atoms with Crippen LogP contribution in [0, 0.1) is 0 Å². The molecular weight excluding hydrogens is 302 g/mol. The predicted octanol–water partition coefficient (Wildman–Crippen LogP) is 4.30. The number of aliphatic hydroxyl groups is 1. The average Bonchev–Trinajstić information content (AvgIpc) is 2.55. The van der Waals surface area contributed by atoms with Gasteiger partial charge in [0.05, 0.1) is 16.7 Å². The summed E-state index contributed by atoms with van der Waals surface area (Å²) >= 11 is 25.3. The largest absolute Gasteiger partial charge is 0.392 e. The molecule has 0 aromatic carbocycles. The molecule has 5 heteroatoms. The number of hydrogen-bond acceptors (Lipinski definition) is 1. The van der Waals surface area contributed by atoms with Crippen LogP contribution in [0.25, 0.3) is 0 Å². The molecule has 2 aliphatic carbocycles. The molecule has 0 radical (unpaired) electrons. The molecule has 2 aliphatic rings. The van der Waals surface area contributed by atoms with E-state index in [4.69, 9.17) is 46.4 Å². The Balaban J connectivity index is 2.58. The molecule has 0 aliphatic heterocycles. The van der Waals surface area contributed by atoms with Gasteiger partial charge in [-0.25, -0.2) is 0 Å². The number of aliphatic hydroxyl groups excluding tert-OH is 1. The fourth-order valence-corrected chi connectivity index (χ4v) is 4.36. The fraction of sp³-hybridized carbons (Fsp3) is 0.500. The number of allylic oxidation sites excluding steroid dienone is 4. The molecule has 0 fully saturated rings. The first-order chi connectivity index (χ1) is 7.77. The third kappa shape index (κ3) is 1.71. The van der Waals surface area contributed by atoms with Crippen molar-refractivity contribution in [2.75, 3.05) is 6.61 Å². The normalized spacial score (nSPS) is 36.1. The third-order valence-electron chi connectivity index (χ3n) is 3.33. The van der Waals surface area contributed by atoms with Gasteiger partial charge in [-0.3, -0.25) is 0 Å². The summed E-state index contributed by atoms with van der Waals surface area (Å²) in [5.74, 6) is 0. The van der Waals surface area contributed by atoms with Gasteiger partial charge >= 0.3 is 0 Å². The van der Waals surface area contributed by atoms with Crippen molar-refractivity contribution in [3.63, 3.8) is 0 Å². The summed E-state index contributed by atoms with van der Waals surface area (Å²) in [7, 11) is 0. The first-order valence-corrected chi connectivity index (χ1v) is 6.71. The van der Waals surface area contributed by atoms with Gasteiger partial charge in [-0.05, 0) is 24.5 Å². The van der Waals surface area contributed by atoms with E-state index in [9.17, 15) is 5.11 Å². The molecule has 0 aromatic heterocycles. The van der Waals surface area contributed by atoms with Crippen molar-refractivity contribution in [3.8, 4) is 0 Å². The Labute approximate surface area is 121 Å². The molecule has 0 spiro atoms. The van der Waals surface area contributed by atoms with Crippen LogP contribution in [0.2, 0.25) is 0 Å². The minimum Gasteiger partial charge on any atom is -0.392 e. The second-order valence-electron chi connectivity index (χ2n) is 4.66. The highest BCUT2D eigenvalue weighted by atomic mass is 35.5. The molecule has 2 unspecified atom stereocenters. The molecule has 17 heavy (non-hydrogen) atoms. The first kappa shape index (κ1) is 13.8. The second-order valence-corrected chi connectivity index (χ2v) is 6.70. The molecule has 0 saturated heterocycles. The van der Waals surface area contributed by atoms with Gasteiger partial charge in [0.25, 0.3) is 0 Å². The van der Waals surface area contributed by atoms with Gasteiger partial charge in [0.2, 0.25) is 0 Å². The van der Waals surface area contributed by atoms with Crippen molar-refractivity contribution in [2.45, 2.75) is 29.5 Å². The number of rotatable bonds is 3. The number of fused-ring (bicyclic) bond motifs is 2. The molecule has 0 aromatic rings. The van der Waals surface area contributed by atoms with Crippen molar-refractivity contribution in [1.82, 2.24) is 0 Å². The van der Waals surface area contributed by atoms with E-state index in [0.717, 1.165) is 11.1 Å². The number of alkyl halides is 2. The fourth-order valence-electron chi connectivity index (χ4n) is 2.56. The van der Waals surface area contributed by atoms with Crippen LogP contribution < -0.4 is 0 Å². The highest BCUT2D eigenvalue weighted by Gasteiger charge is 2.61. The summed E-state index contributed by atoms with van der Waals surface area (Å²) in [5, 5.41) is 10.2. The highest BCUT2D eigenvalue weighted by molar-refractivity contribution is 6.52.